The molecule has 0 spiro atoms. The number of Topliss-reactive ketones (excluding diaryl/α,β-unsaturated/α-hetero) is 1. The summed E-state index contributed by atoms with van der Waals surface area (Å²) < 4.78 is 0. The lowest BCUT2D eigenvalue weighted by Crippen LogP contribution is -2.42. The highest BCUT2D eigenvalue weighted by atomic mass is 35.5. The van der Waals surface area contributed by atoms with Gasteiger partial charge in [-0.1, -0.05) is 38.4 Å². The second-order valence-electron chi connectivity index (χ2n) is 8.62. The predicted molar refractivity (Wildman–Crippen MR) is 122 cm³/mol. The van der Waals surface area contributed by atoms with Crippen LogP contribution in [0.3, 0.4) is 0 Å². The number of hydrogen-bond donors (Lipinski definition) is 1. The average molecular weight is 438 g/mol. The molecule has 2 N–H and O–H groups in total. The Morgan fingerprint density at radius 3 is 2.70 bits per heavy atom. The Labute approximate surface area is 186 Å². The molecule has 0 radical (unpaired) electrons. The van der Waals surface area contributed by atoms with Gasteiger partial charge in [-0.25, -0.2) is 0 Å². The van der Waals surface area contributed by atoms with E-state index in [0.717, 1.165) is 22.7 Å². The first kappa shape index (κ1) is 20.7. The maximum Gasteiger partial charge on any atom is 0.162 e. The number of carbonyl (C=O) groups excluding carboxylic acids is 1. The molecule has 0 amide bonds. The molecular weight excluding hydrogens is 414 g/mol. The molecule has 30 heavy (non-hydrogen) atoms. The molecule has 2 aliphatic rings. The molecule has 2 aromatic rings. The minimum atomic E-state index is -0.408. The van der Waals surface area contributed by atoms with Gasteiger partial charge in [0.15, 0.2) is 5.78 Å². The van der Waals surface area contributed by atoms with E-state index in [2.05, 4.69) is 32.9 Å². The van der Waals surface area contributed by atoms with Gasteiger partial charge in [-0.3, -0.25) is 9.69 Å². The van der Waals surface area contributed by atoms with Crippen molar-refractivity contribution in [3.05, 3.63) is 73.8 Å². The lowest BCUT2D eigenvalue weighted by Gasteiger charge is -2.43. The van der Waals surface area contributed by atoms with Crippen molar-refractivity contribution in [3.63, 3.8) is 0 Å². The fourth-order valence-electron chi connectivity index (χ4n) is 4.44. The first-order valence-corrected chi connectivity index (χ1v) is 11.3. The first-order valence-electron chi connectivity index (χ1n) is 10.1. The molecule has 1 aromatic carbocycles. The van der Waals surface area contributed by atoms with Gasteiger partial charge in [0.25, 0.3) is 0 Å². The van der Waals surface area contributed by atoms with Crippen molar-refractivity contribution in [2.75, 3.05) is 4.90 Å². The van der Waals surface area contributed by atoms with E-state index in [9.17, 15) is 10.1 Å². The zero-order valence-electron chi connectivity index (χ0n) is 17.3. The quantitative estimate of drug-likeness (QED) is 0.648. The normalized spacial score (nSPS) is 21.0. The Balaban J connectivity index is 1.99. The molecule has 0 saturated carbocycles. The summed E-state index contributed by atoms with van der Waals surface area (Å²) in [6.45, 7) is 6.30. The van der Waals surface area contributed by atoms with Crippen molar-refractivity contribution in [2.24, 2.45) is 11.1 Å². The van der Waals surface area contributed by atoms with Crippen molar-refractivity contribution >= 4 is 34.4 Å². The standard InChI is InChI=1S/C24H24ClN3OS/c1-4-16-8-9-20(30-16)21-17(13-26)23(27)28(15-7-5-6-14(25)10-15)18-11-24(2,3)12-19(29)22(18)21/h5-10,21H,4,11-12,27H2,1-3H3. The van der Waals surface area contributed by atoms with E-state index in [-0.39, 0.29) is 11.2 Å². The molecule has 6 heteroatoms. The number of nitrogens with zero attached hydrogens (tertiary/aromatic N) is 2. The van der Waals surface area contributed by atoms with E-state index in [0.29, 0.717) is 34.8 Å². The van der Waals surface area contributed by atoms with Crippen molar-refractivity contribution in [2.45, 2.75) is 46.0 Å². The molecule has 4 nitrogen and oxygen atoms in total. The fourth-order valence-corrected chi connectivity index (χ4v) is 5.70. The summed E-state index contributed by atoms with van der Waals surface area (Å²) >= 11 is 7.91. The molecule has 0 fully saturated rings. The molecule has 1 aliphatic heterocycles. The molecule has 0 saturated heterocycles. The van der Waals surface area contributed by atoms with E-state index in [1.165, 1.54) is 4.88 Å². The zero-order chi connectivity index (χ0) is 21.6. The molecular formula is C24H24ClN3OS. The number of aryl methyl sites for hydroxylation is 1. The molecule has 0 bridgehead atoms. The molecule has 1 aromatic heterocycles. The molecule has 1 atom stereocenters. The summed E-state index contributed by atoms with van der Waals surface area (Å²) in [5, 5.41) is 10.7. The summed E-state index contributed by atoms with van der Waals surface area (Å²) in [7, 11) is 0. The minimum absolute atomic E-state index is 0.0879. The molecule has 4 rings (SSSR count). The highest BCUT2D eigenvalue weighted by Crippen LogP contribution is 2.51. The Hall–Kier alpha value is -2.55. The number of allylic oxidation sites excluding steroid dienone is 3. The second kappa shape index (κ2) is 7.61. The SMILES string of the molecule is CCc1ccc(C2C(C#N)=C(N)N(c3cccc(Cl)c3)C3=C2C(=O)CC(C)(C)C3)s1. The van der Waals surface area contributed by atoms with Gasteiger partial charge in [-0.05, 0) is 48.6 Å². The number of carbonyl (C=O) groups is 1. The van der Waals surface area contributed by atoms with Crippen LogP contribution in [0.1, 0.15) is 49.3 Å². The molecule has 154 valence electrons. The third kappa shape index (κ3) is 3.45. The monoisotopic (exact) mass is 437 g/mol. The predicted octanol–water partition coefficient (Wildman–Crippen LogP) is 5.90. The molecule has 1 aliphatic carbocycles. The van der Waals surface area contributed by atoms with Crippen LogP contribution in [0.5, 0.6) is 0 Å². The van der Waals surface area contributed by atoms with Gasteiger partial charge < -0.3 is 5.73 Å². The van der Waals surface area contributed by atoms with Crippen LogP contribution in [0.4, 0.5) is 5.69 Å². The number of rotatable bonds is 3. The summed E-state index contributed by atoms with van der Waals surface area (Å²) in [6, 6.07) is 13.8. The molecule has 2 heterocycles. The number of nitriles is 1. The maximum atomic E-state index is 13.4. The van der Waals surface area contributed by atoms with E-state index in [4.69, 9.17) is 17.3 Å². The van der Waals surface area contributed by atoms with Gasteiger partial charge >= 0.3 is 0 Å². The van der Waals surface area contributed by atoms with Crippen molar-refractivity contribution in [1.82, 2.24) is 0 Å². The number of nitrogens with two attached hydrogens (primary N) is 1. The number of thiophene rings is 1. The largest absolute Gasteiger partial charge is 0.384 e. The topological polar surface area (TPSA) is 70.1 Å². The van der Waals surface area contributed by atoms with Crippen LogP contribution >= 0.6 is 22.9 Å². The van der Waals surface area contributed by atoms with Crippen LogP contribution in [0.15, 0.2) is 59.1 Å². The summed E-state index contributed by atoms with van der Waals surface area (Å²) in [4.78, 5) is 17.5. The number of hydrogen-bond acceptors (Lipinski definition) is 5. The van der Waals surface area contributed by atoms with Crippen molar-refractivity contribution in [3.8, 4) is 6.07 Å². The highest BCUT2D eigenvalue weighted by Gasteiger charge is 2.45. The first-order chi connectivity index (χ1) is 14.3. The Bertz CT molecular complexity index is 1140. The Kier molecular flexibility index (Phi) is 5.25. The van der Waals surface area contributed by atoms with Gasteiger partial charge in [0.2, 0.25) is 0 Å². The van der Waals surface area contributed by atoms with Gasteiger partial charge in [-0.15, -0.1) is 11.3 Å². The molecule has 1 unspecified atom stereocenters. The number of ketones is 1. The number of benzene rings is 1. The van der Waals surface area contributed by atoms with E-state index in [1.54, 1.807) is 17.4 Å². The number of anilines is 1. The van der Waals surface area contributed by atoms with E-state index >= 15 is 0 Å². The lowest BCUT2D eigenvalue weighted by molar-refractivity contribution is -0.118. The summed E-state index contributed by atoms with van der Waals surface area (Å²) in [5.41, 5.74) is 9.20. The van der Waals surface area contributed by atoms with E-state index < -0.39 is 5.92 Å². The van der Waals surface area contributed by atoms with Gasteiger partial charge in [0.1, 0.15) is 5.82 Å². The van der Waals surface area contributed by atoms with Crippen LogP contribution < -0.4 is 10.6 Å². The van der Waals surface area contributed by atoms with Crippen LogP contribution in [-0.4, -0.2) is 5.78 Å². The fraction of sp³-hybridized carbons (Fsp3) is 0.333. The van der Waals surface area contributed by atoms with Crippen LogP contribution in [0, 0.1) is 16.7 Å². The zero-order valence-corrected chi connectivity index (χ0v) is 18.9. The number of halogens is 1. The van der Waals surface area contributed by atoms with Gasteiger partial charge in [0, 0.05) is 38.2 Å². The second-order valence-corrected chi connectivity index (χ2v) is 10.3. The Morgan fingerprint density at radius 1 is 1.30 bits per heavy atom. The van der Waals surface area contributed by atoms with Crippen molar-refractivity contribution in [1.29, 1.82) is 5.26 Å². The summed E-state index contributed by atoms with van der Waals surface area (Å²) in [6.07, 6.45) is 2.07. The third-order valence-electron chi connectivity index (χ3n) is 5.76. The average Bonchev–Trinajstić information content (AvgIpc) is 3.15. The maximum absolute atomic E-state index is 13.4. The van der Waals surface area contributed by atoms with E-state index in [1.807, 2.05) is 29.2 Å². The highest BCUT2D eigenvalue weighted by molar-refractivity contribution is 7.12. The van der Waals surface area contributed by atoms with Crippen molar-refractivity contribution < 1.29 is 4.79 Å². The smallest absolute Gasteiger partial charge is 0.162 e. The summed E-state index contributed by atoms with van der Waals surface area (Å²) in [5.74, 6) is 0.0553. The minimum Gasteiger partial charge on any atom is -0.384 e. The van der Waals surface area contributed by atoms with Gasteiger partial charge in [-0.2, -0.15) is 5.26 Å². The lowest BCUT2D eigenvalue weighted by atomic mass is 9.69. The van der Waals surface area contributed by atoms with Crippen LogP contribution in [-0.2, 0) is 11.2 Å². The van der Waals surface area contributed by atoms with Crippen LogP contribution in [0.25, 0.3) is 0 Å². The third-order valence-corrected chi connectivity index (χ3v) is 7.29. The Morgan fingerprint density at radius 2 is 2.07 bits per heavy atom. The van der Waals surface area contributed by atoms with Gasteiger partial charge in [0.05, 0.1) is 17.6 Å². The van der Waals surface area contributed by atoms with Crippen LogP contribution in [0.2, 0.25) is 5.02 Å².